The first-order valence-electron chi connectivity index (χ1n) is 9.94. The van der Waals surface area contributed by atoms with Gasteiger partial charge in [0.1, 0.15) is 5.75 Å². The van der Waals surface area contributed by atoms with Crippen molar-refractivity contribution in [2.24, 2.45) is 0 Å². The molecule has 0 N–H and O–H groups in total. The zero-order valence-electron chi connectivity index (χ0n) is 16.9. The number of nitro benzene ring substituents is 1. The van der Waals surface area contributed by atoms with Crippen molar-refractivity contribution in [1.29, 1.82) is 0 Å². The number of para-hydroxylation sites is 1. The van der Waals surface area contributed by atoms with Crippen LogP contribution < -0.4 is 9.64 Å². The number of likely N-dealkylation sites (tertiary alicyclic amines) is 1. The smallest absolute Gasteiger partial charge is 0.273 e. The van der Waals surface area contributed by atoms with Crippen molar-refractivity contribution >= 4 is 17.3 Å². The third-order valence-electron chi connectivity index (χ3n) is 5.43. The van der Waals surface area contributed by atoms with Crippen molar-refractivity contribution in [3.05, 3.63) is 64.2 Å². The van der Waals surface area contributed by atoms with Crippen molar-refractivity contribution in [2.45, 2.75) is 38.8 Å². The van der Waals surface area contributed by atoms with Gasteiger partial charge in [0.2, 0.25) is 5.91 Å². The molecule has 0 bridgehead atoms. The maximum atomic E-state index is 12.7. The van der Waals surface area contributed by atoms with Gasteiger partial charge in [0.25, 0.3) is 5.69 Å². The Morgan fingerprint density at radius 2 is 1.83 bits per heavy atom. The Morgan fingerprint density at radius 3 is 2.41 bits per heavy atom. The molecular formula is C22H27N3O4. The summed E-state index contributed by atoms with van der Waals surface area (Å²) in [6.45, 7) is 4.01. The van der Waals surface area contributed by atoms with Gasteiger partial charge in [0, 0.05) is 49.4 Å². The predicted molar refractivity (Wildman–Crippen MR) is 112 cm³/mol. The summed E-state index contributed by atoms with van der Waals surface area (Å²) in [4.78, 5) is 27.7. The van der Waals surface area contributed by atoms with E-state index in [2.05, 4.69) is 4.90 Å². The van der Waals surface area contributed by atoms with Gasteiger partial charge in [-0.15, -0.1) is 0 Å². The van der Waals surface area contributed by atoms with Crippen LogP contribution >= 0.6 is 0 Å². The number of nitro groups is 1. The van der Waals surface area contributed by atoms with Crippen molar-refractivity contribution in [3.63, 3.8) is 0 Å². The Hall–Kier alpha value is -2.93. The minimum atomic E-state index is -0.326. The van der Waals surface area contributed by atoms with E-state index < -0.39 is 0 Å². The quantitative estimate of drug-likeness (QED) is 0.521. The van der Waals surface area contributed by atoms with Crippen LogP contribution in [0.3, 0.4) is 0 Å². The maximum Gasteiger partial charge on any atom is 0.273 e. The lowest BCUT2D eigenvalue weighted by Crippen LogP contribution is -2.47. The van der Waals surface area contributed by atoms with E-state index in [1.165, 1.54) is 0 Å². The molecule has 0 spiro atoms. The average Bonchev–Trinajstić information content (AvgIpc) is 2.75. The molecule has 1 amide bonds. The number of piperidine rings is 1. The summed E-state index contributed by atoms with van der Waals surface area (Å²) in [5.41, 5.74) is 1.78. The number of nitrogens with zero attached hydrogens (tertiary/aromatic N) is 3. The van der Waals surface area contributed by atoms with Crippen LogP contribution in [0.15, 0.2) is 48.5 Å². The molecule has 0 atom stereocenters. The van der Waals surface area contributed by atoms with E-state index in [4.69, 9.17) is 4.74 Å². The molecule has 29 heavy (non-hydrogen) atoms. The highest BCUT2D eigenvalue weighted by Gasteiger charge is 2.29. The second-order valence-corrected chi connectivity index (χ2v) is 7.21. The molecule has 1 fully saturated rings. The first-order valence-corrected chi connectivity index (χ1v) is 9.94. The summed E-state index contributed by atoms with van der Waals surface area (Å²) >= 11 is 0. The minimum absolute atomic E-state index is 0.104. The number of anilines is 1. The van der Waals surface area contributed by atoms with Gasteiger partial charge in [0.15, 0.2) is 0 Å². The molecular weight excluding hydrogens is 370 g/mol. The van der Waals surface area contributed by atoms with E-state index in [0.717, 1.165) is 42.9 Å². The predicted octanol–water partition coefficient (Wildman–Crippen LogP) is 4.01. The monoisotopic (exact) mass is 397 g/mol. The topological polar surface area (TPSA) is 75.9 Å². The van der Waals surface area contributed by atoms with Crippen molar-refractivity contribution in [1.82, 2.24) is 4.90 Å². The minimum Gasteiger partial charge on any atom is -0.497 e. The van der Waals surface area contributed by atoms with Gasteiger partial charge < -0.3 is 9.64 Å². The van der Waals surface area contributed by atoms with Crippen LogP contribution in [0.1, 0.15) is 31.7 Å². The van der Waals surface area contributed by atoms with E-state index in [-0.39, 0.29) is 22.6 Å². The molecule has 1 heterocycles. The lowest BCUT2D eigenvalue weighted by atomic mass is 10.0. The van der Waals surface area contributed by atoms with Crippen molar-refractivity contribution in [2.75, 3.05) is 25.1 Å². The molecule has 0 unspecified atom stereocenters. The third kappa shape index (κ3) is 4.92. The van der Waals surface area contributed by atoms with E-state index in [1.54, 1.807) is 19.2 Å². The average molecular weight is 397 g/mol. The molecule has 2 aromatic carbocycles. The zero-order chi connectivity index (χ0) is 20.8. The molecule has 0 saturated carbocycles. The molecule has 0 radical (unpaired) electrons. The number of rotatable bonds is 7. The van der Waals surface area contributed by atoms with Gasteiger partial charge >= 0.3 is 0 Å². The fourth-order valence-electron chi connectivity index (χ4n) is 3.87. The highest BCUT2D eigenvalue weighted by Crippen LogP contribution is 2.28. The van der Waals surface area contributed by atoms with Crippen LogP contribution in [0.4, 0.5) is 11.4 Å². The van der Waals surface area contributed by atoms with Crippen LogP contribution in [0.2, 0.25) is 0 Å². The van der Waals surface area contributed by atoms with E-state index in [9.17, 15) is 14.9 Å². The van der Waals surface area contributed by atoms with E-state index >= 15 is 0 Å². The molecule has 1 saturated heterocycles. The van der Waals surface area contributed by atoms with Gasteiger partial charge in [-0.05, 0) is 37.1 Å². The Balaban J connectivity index is 1.68. The highest BCUT2D eigenvalue weighted by atomic mass is 16.6. The van der Waals surface area contributed by atoms with E-state index in [1.807, 2.05) is 48.2 Å². The van der Waals surface area contributed by atoms with Crippen molar-refractivity contribution in [3.8, 4) is 5.75 Å². The normalized spacial score (nSPS) is 15.1. The second kappa shape index (κ2) is 9.52. The number of carbonyl (C=O) groups is 1. The Labute approximate surface area is 171 Å². The molecule has 3 rings (SSSR count). The summed E-state index contributed by atoms with van der Waals surface area (Å²) in [5, 5.41) is 11.2. The number of benzene rings is 2. The molecule has 1 aliphatic rings. The van der Waals surface area contributed by atoms with Gasteiger partial charge in [0.05, 0.1) is 12.0 Å². The zero-order valence-corrected chi connectivity index (χ0v) is 16.9. The van der Waals surface area contributed by atoms with Crippen molar-refractivity contribution < 1.29 is 14.5 Å². The van der Waals surface area contributed by atoms with Gasteiger partial charge in [-0.2, -0.15) is 0 Å². The number of methoxy groups -OCH3 is 1. The highest BCUT2D eigenvalue weighted by molar-refractivity contribution is 5.93. The SMILES string of the molecule is CCC(=O)N(c1ccc(OC)cc1)C1CCN(Cc2ccccc2[N+](=O)[O-])CC1. The number of ether oxygens (including phenoxy) is 1. The second-order valence-electron chi connectivity index (χ2n) is 7.21. The summed E-state index contributed by atoms with van der Waals surface area (Å²) < 4.78 is 5.22. The van der Waals surface area contributed by atoms with Gasteiger partial charge in [-0.3, -0.25) is 19.8 Å². The van der Waals surface area contributed by atoms with Crippen LogP contribution in [0.25, 0.3) is 0 Å². The molecule has 0 aliphatic carbocycles. The first kappa shape index (κ1) is 20.8. The molecule has 7 heteroatoms. The number of amides is 1. The molecule has 2 aromatic rings. The third-order valence-corrected chi connectivity index (χ3v) is 5.43. The Morgan fingerprint density at radius 1 is 1.17 bits per heavy atom. The summed E-state index contributed by atoms with van der Waals surface area (Å²) in [6, 6.07) is 14.6. The number of carbonyl (C=O) groups excluding carboxylic acids is 1. The number of hydrogen-bond donors (Lipinski definition) is 0. The molecule has 1 aliphatic heterocycles. The van der Waals surface area contributed by atoms with Gasteiger partial charge in [-0.1, -0.05) is 25.1 Å². The molecule has 7 nitrogen and oxygen atoms in total. The first-order chi connectivity index (χ1) is 14.0. The number of hydrogen-bond acceptors (Lipinski definition) is 5. The van der Waals surface area contributed by atoms with Crippen LogP contribution in [-0.2, 0) is 11.3 Å². The van der Waals surface area contributed by atoms with E-state index in [0.29, 0.717) is 13.0 Å². The summed E-state index contributed by atoms with van der Waals surface area (Å²) in [6.07, 6.45) is 2.11. The lowest BCUT2D eigenvalue weighted by Gasteiger charge is -2.38. The maximum absolute atomic E-state index is 12.7. The molecule has 0 aromatic heterocycles. The standard InChI is InChI=1S/C22H27N3O4/c1-3-22(26)24(18-8-10-20(29-2)11-9-18)19-12-14-23(15-13-19)16-17-6-4-5-7-21(17)25(27)28/h4-11,19H,3,12-16H2,1-2H3. The van der Waals surface area contributed by atoms with Gasteiger partial charge in [-0.25, -0.2) is 0 Å². The fourth-order valence-corrected chi connectivity index (χ4v) is 3.87. The Kier molecular flexibility index (Phi) is 6.82. The molecule has 154 valence electrons. The van der Waals surface area contributed by atoms with Crippen LogP contribution in [0, 0.1) is 10.1 Å². The fraction of sp³-hybridized carbons (Fsp3) is 0.409. The summed E-state index contributed by atoms with van der Waals surface area (Å²) in [5.74, 6) is 0.865. The Bertz CT molecular complexity index is 845. The summed E-state index contributed by atoms with van der Waals surface area (Å²) in [7, 11) is 1.62. The van der Waals surface area contributed by atoms with Crippen LogP contribution in [0.5, 0.6) is 5.75 Å². The lowest BCUT2D eigenvalue weighted by molar-refractivity contribution is -0.385. The largest absolute Gasteiger partial charge is 0.497 e. The van der Waals surface area contributed by atoms with Crippen LogP contribution in [-0.4, -0.2) is 42.0 Å².